The average molecular weight is 292 g/mol. The van der Waals surface area contributed by atoms with Crippen LogP contribution >= 0.6 is 0 Å². The van der Waals surface area contributed by atoms with Crippen LogP contribution in [0.25, 0.3) is 0 Å². The Labute approximate surface area is 125 Å². The van der Waals surface area contributed by atoms with Gasteiger partial charge in [0, 0.05) is 12.7 Å². The fourth-order valence-corrected chi connectivity index (χ4v) is 2.72. The molecule has 112 valence electrons. The molecule has 0 aliphatic carbocycles. The van der Waals surface area contributed by atoms with Crippen LogP contribution in [-0.2, 0) is 4.43 Å². The number of anilines is 1. The number of hydrogen-bond donors (Lipinski definition) is 0. The molecule has 20 heavy (non-hydrogen) atoms. The third kappa shape index (κ3) is 4.22. The number of benzene rings is 1. The lowest BCUT2D eigenvalue weighted by atomic mass is 10.2. The van der Waals surface area contributed by atoms with E-state index in [1.54, 1.807) is 0 Å². The quantitative estimate of drug-likeness (QED) is 0.556. The maximum absolute atomic E-state index is 6.32. The average Bonchev–Trinajstić information content (AvgIpc) is 2.38. The number of rotatable bonds is 6. The van der Waals surface area contributed by atoms with Crippen LogP contribution < -0.4 is 4.90 Å². The van der Waals surface area contributed by atoms with Gasteiger partial charge >= 0.3 is 0 Å². The lowest BCUT2D eigenvalue weighted by Crippen LogP contribution is -2.45. The minimum Gasteiger partial charge on any atom is -0.414 e. The van der Waals surface area contributed by atoms with E-state index in [0.717, 1.165) is 0 Å². The van der Waals surface area contributed by atoms with Crippen LogP contribution in [0.1, 0.15) is 20.8 Å². The van der Waals surface area contributed by atoms with Crippen molar-refractivity contribution in [2.24, 2.45) is 0 Å². The molecule has 0 spiro atoms. The molecule has 0 saturated heterocycles. The van der Waals surface area contributed by atoms with Gasteiger partial charge in [-0.2, -0.15) is 0 Å². The van der Waals surface area contributed by atoms with Crippen molar-refractivity contribution in [3.63, 3.8) is 0 Å². The lowest BCUT2D eigenvalue weighted by molar-refractivity contribution is 0.276. The third-order valence-corrected chi connectivity index (χ3v) is 8.85. The highest BCUT2D eigenvalue weighted by atomic mass is 28.4. The molecule has 0 aromatic heterocycles. The van der Waals surface area contributed by atoms with Gasteiger partial charge in [-0.05, 0) is 30.3 Å². The topological polar surface area (TPSA) is 12.5 Å². The van der Waals surface area contributed by atoms with Crippen LogP contribution in [0.3, 0.4) is 0 Å². The molecule has 0 N–H and O–H groups in total. The van der Waals surface area contributed by atoms with Gasteiger partial charge < -0.3 is 9.33 Å². The highest BCUT2D eigenvalue weighted by Gasteiger charge is 2.37. The summed E-state index contributed by atoms with van der Waals surface area (Å²) in [6, 6.07) is 10.6. The SMILES string of the molecule is C=CC(CO[Si](C)(C)C(C)(C)C)N(C)c1ccccc1. The molecular weight excluding hydrogens is 262 g/mol. The van der Waals surface area contributed by atoms with Crippen molar-refractivity contribution in [3.8, 4) is 0 Å². The van der Waals surface area contributed by atoms with E-state index in [9.17, 15) is 0 Å². The number of para-hydroxylation sites is 1. The van der Waals surface area contributed by atoms with Crippen molar-refractivity contribution >= 4 is 14.0 Å². The fraction of sp³-hybridized carbons (Fsp3) is 0.529. The predicted octanol–water partition coefficient (Wildman–Crippen LogP) is 4.70. The zero-order valence-electron chi connectivity index (χ0n) is 13.8. The van der Waals surface area contributed by atoms with Gasteiger partial charge in [-0.25, -0.2) is 0 Å². The Morgan fingerprint density at radius 2 is 1.80 bits per heavy atom. The summed E-state index contributed by atoms with van der Waals surface area (Å²) in [5.74, 6) is 0. The van der Waals surface area contributed by atoms with Crippen LogP contribution in [0.4, 0.5) is 5.69 Å². The first-order chi connectivity index (χ1) is 9.19. The van der Waals surface area contributed by atoms with E-state index in [2.05, 4.69) is 76.7 Å². The Morgan fingerprint density at radius 3 is 2.25 bits per heavy atom. The minimum atomic E-state index is -1.71. The van der Waals surface area contributed by atoms with Crippen molar-refractivity contribution in [2.75, 3.05) is 18.6 Å². The molecule has 3 heteroatoms. The van der Waals surface area contributed by atoms with Gasteiger partial charge in [-0.15, -0.1) is 6.58 Å². The van der Waals surface area contributed by atoms with E-state index >= 15 is 0 Å². The van der Waals surface area contributed by atoms with E-state index in [1.165, 1.54) is 5.69 Å². The first kappa shape index (κ1) is 17.0. The van der Waals surface area contributed by atoms with Crippen molar-refractivity contribution < 1.29 is 4.43 Å². The minimum absolute atomic E-state index is 0.200. The zero-order valence-corrected chi connectivity index (χ0v) is 14.8. The molecule has 0 radical (unpaired) electrons. The van der Waals surface area contributed by atoms with Gasteiger partial charge in [0.15, 0.2) is 8.32 Å². The van der Waals surface area contributed by atoms with Gasteiger partial charge in [-0.3, -0.25) is 0 Å². The zero-order chi connectivity index (χ0) is 15.4. The Kier molecular flexibility index (Phi) is 5.60. The van der Waals surface area contributed by atoms with Crippen LogP contribution in [0.5, 0.6) is 0 Å². The largest absolute Gasteiger partial charge is 0.414 e. The highest BCUT2D eigenvalue weighted by Crippen LogP contribution is 2.36. The Hall–Kier alpha value is -1.06. The van der Waals surface area contributed by atoms with Gasteiger partial charge in [-0.1, -0.05) is 45.0 Å². The molecule has 0 fully saturated rings. The van der Waals surface area contributed by atoms with Crippen molar-refractivity contribution in [1.82, 2.24) is 0 Å². The first-order valence-corrected chi connectivity index (χ1v) is 10.1. The predicted molar refractivity (Wildman–Crippen MR) is 92.0 cm³/mol. The molecule has 0 aliphatic heterocycles. The van der Waals surface area contributed by atoms with E-state index in [-0.39, 0.29) is 11.1 Å². The van der Waals surface area contributed by atoms with Crippen molar-refractivity contribution in [2.45, 2.75) is 44.9 Å². The normalized spacial score (nSPS) is 13.9. The molecule has 2 nitrogen and oxygen atoms in total. The second-order valence-corrected chi connectivity index (χ2v) is 11.6. The summed E-state index contributed by atoms with van der Waals surface area (Å²) >= 11 is 0. The molecule has 0 bridgehead atoms. The monoisotopic (exact) mass is 291 g/mol. The molecule has 0 amide bonds. The summed E-state index contributed by atoms with van der Waals surface area (Å²) < 4.78 is 6.32. The summed E-state index contributed by atoms with van der Waals surface area (Å²) in [6.07, 6.45) is 1.97. The van der Waals surface area contributed by atoms with Gasteiger partial charge in [0.1, 0.15) is 0 Å². The van der Waals surface area contributed by atoms with Gasteiger partial charge in [0.2, 0.25) is 0 Å². The van der Waals surface area contributed by atoms with Crippen LogP contribution in [0, 0.1) is 0 Å². The summed E-state index contributed by atoms with van der Waals surface area (Å²) in [5.41, 5.74) is 1.19. The van der Waals surface area contributed by atoms with Gasteiger partial charge in [0.05, 0.1) is 12.6 Å². The molecular formula is C17H29NOSi. The fourth-order valence-electron chi connectivity index (χ4n) is 1.70. The van der Waals surface area contributed by atoms with E-state index in [4.69, 9.17) is 4.43 Å². The summed E-state index contributed by atoms with van der Waals surface area (Å²) in [5, 5.41) is 0.240. The molecule has 1 aromatic carbocycles. The molecule has 0 aliphatic rings. The Bertz CT molecular complexity index is 422. The molecule has 1 rings (SSSR count). The van der Waals surface area contributed by atoms with Gasteiger partial charge in [0.25, 0.3) is 0 Å². The Balaban J connectivity index is 2.72. The summed E-state index contributed by atoms with van der Waals surface area (Å²) in [6.45, 7) is 16.0. The molecule has 1 atom stereocenters. The smallest absolute Gasteiger partial charge is 0.192 e. The number of nitrogens with zero attached hydrogens (tertiary/aromatic N) is 1. The Morgan fingerprint density at radius 1 is 1.25 bits per heavy atom. The van der Waals surface area contributed by atoms with Crippen LogP contribution in [-0.4, -0.2) is 28.0 Å². The van der Waals surface area contributed by atoms with Crippen LogP contribution in [0.15, 0.2) is 43.0 Å². The number of likely N-dealkylation sites (N-methyl/N-ethyl adjacent to an activating group) is 1. The van der Waals surface area contributed by atoms with E-state index in [0.29, 0.717) is 6.61 Å². The van der Waals surface area contributed by atoms with E-state index in [1.807, 2.05) is 12.1 Å². The van der Waals surface area contributed by atoms with Crippen molar-refractivity contribution in [1.29, 1.82) is 0 Å². The number of hydrogen-bond acceptors (Lipinski definition) is 2. The second-order valence-electron chi connectivity index (χ2n) is 6.82. The highest BCUT2D eigenvalue weighted by molar-refractivity contribution is 6.74. The maximum Gasteiger partial charge on any atom is 0.192 e. The lowest BCUT2D eigenvalue weighted by Gasteiger charge is -2.38. The summed E-state index contributed by atoms with van der Waals surface area (Å²) in [4.78, 5) is 2.22. The molecule has 1 unspecified atom stereocenters. The molecule has 0 saturated carbocycles. The maximum atomic E-state index is 6.32. The second kappa shape index (κ2) is 6.59. The molecule has 1 aromatic rings. The third-order valence-electron chi connectivity index (χ3n) is 4.35. The standard InChI is InChI=1S/C17H29NOSi/c1-8-15(14-19-20(6,7)17(2,3)4)18(5)16-12-10-9-11-13-16/h8-13,15H,1,14H2,2-7H3. The van der Waals surface area contributed by atoms with Crippen LogP contribution in [0.2, 0.25) is 18.1 Å². The molecule has 0 heterocycles. The van der Waals surface area contributed by atoms with E-state index < -0.39 is 8.32 Å². The summed E-state index contributed by atoms with van der Waals surface area (Å²) in [7, 11) is 0.389. The van der Waals surface area contributed by atoms with Crippen molar-refractivity contribution in [3.05, 3.63) is 43.0 Å². The first-order valence-electron chi connectivity index (χ1n) is 7.23.